The average Bonchev–Trinajstić information content (AvgIpc) is 2.37. The zero-order valence-electron chi connectivity index (χ0n) is 11.1. The molecule has 0 amide bonds. The van der Waals surface area contributed by atoms with Crippen LogP contribution >= 0.6 is 12.2 Å². The second kappa shape index (κ2) is 7.63. The van der Waals surface area contributed by atoms with E-state index in [0.29, 0.717) is 13.0 Å². The summed E-state index contributed by atoms with van der Waals surface area (Å²) in [6.07, 6.45) is 1.34. The SMILES string of the molecule is COCCCCNS(=O)(=O)c1cccc(F)c1C(N)=S. The molecule has 0 aliphatic carbocycles. The summed E-state index contributed by atoms with van der Waals surface area (Å²) >= 11 is 4.70. The Morgan fingerprint density at radius 2 is 2.15 bits per heavy atom. The number of hydrogen-bond acceptors (Lipinski definition) is 4. The van der Waals surface area contributed by atoms with Gasteiger partial charge < -0.3 is 10.5 Å². The standard InChI is InChI=1S/C12H17FN2O3S2/c1-18-8-3-2-7-15-20(16,17)10-6-4-5-9(13)11(10)12(14)19/h4-6,15H,2-3,7-8H2,1H3,(H2,14,19). The van der Waals surface area contributed by atoms with Gasteiger partial charge in [0, 0.05) is 20.3 Å². The van der Waals surface area contributed by atoms with Crippen molar-refractivity contribution >= 4 is 27.2 Å². The van der Waals surface area contributed by atoms with Gasteiger partial charge in [-0.2, -0.15) is 0 Å². The molecule has 0 atom stereocenters. The highest BCUT2D eigenvalue weighted by Crippen LogP contribution is 2.18. The zero-order chi connectivity index (χ0) is 15.2. The van der Waals surface area contributed by atoms with Crippen molar-refractivity contribution in [1.82, 2.24) is 4.72 Å². The first-order valence-electron chi connectivity index (χ1n) is 5.97. The number of ether oxygens (including phenoxy) is 1. The van der Waals surface area contributed by atoms with Crippen LogP contribution in [0.15, 0.2) is 23.1 Å². The van der Waals surface area contributed by atoms with E-state index in [4.69, 9.17) is 22.7 Å². The van der Waals surface area contributed by atoms with Gasteiger partial charge in [-0.1, -0.05) is 18.3 Å². The number of hydrogen-bond donors (Lipinski definition) is 2. The fourth-order valence-corrected chi connectivity index (χ4v) is 3.20. The molecule has 0 heterocycles. The van der Waals surface area contributed by atoms with Crippen molar-refractivity contribution in [2.75, 3.05) is 20.3 Å². The lowest BCUT2D eigenvalue weighted by atomic mass is 10.2. The maximum absolute atomic E-state index is 13.6. The van der Waals surface area contributed by atoms with Crippen molar-refractivity contribution < 1.29 is 17.5 Å². The molecular weight excluding hydrogens is 303 g/mol. The highest BCUT2D eigenvalue weighted by atomic mass is 32.2. The highest BCUT2D eigenvalue weighted by Gasteiger charge is 2.22. The molecule has 0 radical (unpaired) electrons. The van der Waals surface area contributed by atoms with Gasteiger partial charge in [-0.3, -0.25) is 0 Å². The predicted molar refractivity (Wildman–Crippen MR) is 78.6 cm³/mol. The number of benzene rings is 1. The van der Waals surface area contributed by atoms with Gasteiger partial charge in [0.1, 0.15) is 10.8 Å². The van der Waals surface area contributed by atoms with E-state index in [0.717, 1.165) is 12.5 Å². The number of nitrogens with two attached hydrogens (primary N) is 1. The monoisotopic (exact) mass is 320 g/mol. The molecule has 1 rings (SSSR count). The Balaban J connectivity index is 2.88. The molecule has 0 unspecified atom stereocenters. The molecule has 0 aliphatic rings. The Morgan fingerprint density at radius 1 is 1.45 bits per heavy atom. The number of sulfonamides is 1. The van der Waals surface area contributed by atoms with Gasteiger partial charge >= 0.3 is 0 Å². The Morgan fingerprint density at radius 3 is 2.75 bits per heavy atom. The van der Waals surface area contributed by atoms with Gasteiger partial charge in [-0.05, 0) is 25.0 Å². The first-order valence-corrected chi connectivity index (χ1v) is 7.86. The molecule has 0 bridgehead atoms. The van der Waals surface area contributed by atoms with Gasteiger partial charge in [0.25, 0.3) is 0 Å². The van der Waals surface area contributed by atoms with Crippen molar-refractivity contribution in [2.45, 2.75) is 17.7 Å². The molecule has 0 saturated carbocycles. The third-order valence-corrected chi connectivity index (χ3v) is 4.29. The molecule has 0 saturated heterocycles. The highest BCUT2D eigenvalue weighted by molar-refractivity contribution is 7.89. The van der Waals surface area contributed by atoms with E-state index in [9.17, 15) is 12.8 Å². The third kappa shape index (κ3) is 4.48. The van der Waals surface area contributed by atoms with Gasteiger partial charge in [-0.25, -0.2) is 17.5 Å². The first-order chi connectivity index (χ1) is 9.40. The van der Waals surface area contributed by atoms with E-state index in [1.807, 2.05) is 0 Å². The fraction of sp³-hybridized carbons (Fsp3) is 0.417. The normalized spacial score (nSPS) is 11.5. The number of rotatable bonds is 8. The summed E-state index contributed by atoms with van der Waals surface area (Å²) in [7, 11) is -2.27. The molecule has 0 aliphatic heterocycles. The number of halogens is 1. The summed E-state index contributed by atoms with van der Waals surface area (Å²) in [6, 6.07) is 3.69. The Labute approximate surface area is 123 Å². The van der Waals surface area contributed by atoms with Crippen LogP contribution in [-0.2, 0) is 14.8 Å². The van der Waals surface area contributed by atoms with Crippen LogP contribution in [0.3, 0.4) is 0 Å². The van der Waals surface area contributed by atoms with Crippen LogP contribution in [0.25, 0.3) is 0 Å². The van der Waals surface area contributed by atoms with Gasteiger partial charge in [0.15, 0.2) is 0 Å². The summed E-state index contributed by atoms with van der Waals surface area (Å²) in [6.45, 7) is 0.790. The van der Waals surface area contributed by atoms with Gasteiger partial charge in [-0.15, -0.1) is 0 Å². The molecule has 1 aromatic rings. The average molecular weight is 320 g/mol. The molecule has 20 heavy (non-hydrogen) atoms. The molecule has 5 nitrogen and oxygen atoms in total. The summed E-state index contributed by atoms with van der Waals surface area (Å²) in [5.41, 5.74) is 5.13. The predicted octanol–water partition coefficient (Wildman–Crippen LogP) is 1.16. The zero-order valence-corrected chi connectivity index (χ0v) is 12.7. The lowest BCUT2D eigenvalue weighted by molar-refractivity contribution is 0.193. The topological polar surface area (TPSA) is 81.4 Å². The van der Waals surface area contributed by atoms with E-state index >= 15 is 0 Å². The fourth-order valence-electron chi connectivity index (χ4n) is 1.62. The molecule has 1 aromatic carbocycles. The smallest absolute Gasteiger partial charge is 0.241 e. The Kier molecular flexibility index (Phi) is 6.47. The van der Waals surface area contributed by atoms with E-state index in [2.05, 4.69) is 4.72 Å². The summed E-state index contributed by atoms with van der Waals surface area (Å²) < 4.78 is 45.1. The van der Waals surface area contributed by atoms with E-state index < -0.39 is 15.8 Å². The number of thiocarbonyl (C=S) groups is 1. The lowest BCUT2D eigenvalue weighted by Crippen LogP contribution is -2.28. The number of methoxy groups -OCH3 is 1. The third-order valence-electron chi connectivity index (χ3n) is 2.58. The summed E-state index contributed by atoms with van der Waals surface area (Å²) in [5.74, 6) is -0.750. The number of nitrogens with one attached hydrogen (secondary N) is 1. The van der Waals surface area contributed by atoms with Crippen LogP contribution in [0.2, 0.25) is 0 Å². The minimum atomic E-state index is -3.84. The first kappa shape index (κ1) is 17.0. The Bertz CT molecular complexity index is 576. The second-order valence-corrected chi connectivity index (χ2v) is 6.25. The number of unbranched alkanes of at least 4 members (excludes halogenated alkanes) is 1. The van der Waals surface area contributed by atoms with E-state index in [-0.39, 0.29) is 22.0 Å². The van der Waals surface area contributed by atoms with Gasteiger partial charge in [0.2, 0.25) is 10.0 Å². The maximum atomic E-state index is 13.6. The summed E-state index contributed by atoms with van der Waals surface area (Å²) in [5, 5.41) is 0. The largest absolute Gasteiger partial charge is 0.389 e. The van der Waals surface area contributed by atoms with Crippen molar-refractivity contribution in [1.29, 1.82) is 0 Å². The summed E-state index contributed by atoms with van der Waals surface area (Å²) in [4.78, 5) is -0.528. The van der Waals surface area contributed by atoms with Crippen LogP contribution in [-0.4, -0.2) is 33.7 Å². The minimum Gasteiger partial charge on any atom is -0.389 e. The molecule has 3 N–H and O–H groups in total. The van der Waals surface area contributed by atoms with Crippen LogP contribution in [0.1, 0.15) is 18.4 Å². The van der Waals surface area contributed by atoms with Crippen LogP contribution in [0, 0.1) is 5.82 Å². The van der Waals surface area contributed by atoms with E-state index in [1.54, 1.807) is 7.11 Å². The van der Waals surface area contributed by atoms with Crippen molar-refractivity contribution in [3.05, 3.63) is 29.6 Å². The van der Waals surface area contributed by atoms with Crippen molar-refractivity contribution in [2.24, 2.45) is 5.73 Å². The molecule has 0 spiro atoms. The van der Waals surface area contributed by atoms with E-state index in [1.165, 1.54) is 12.1 Å². The van der Waals surface area contributed by atoms with Crippen molar-refractivity contribution in [3.63, 3.8) is 0 Å². The second-order valence-electron chi connectivity index (χ2n) is 4.07. The molecule has 0 fully saturated rings. The maximum Gasteiger partial charge on any atom is 0.241 e. The van der Waals surface area contributed by atoms with Crippen LogP contribution < -0.4 is 10.5 Å². The van der Waals surface area contributed by atoms with Gasteiger partial charge in [0.05, 0.1) is 10.5 Å². The molecule has 112 valence electrons. The molecule has 0 aromatic heterocycles. The molecule has 8 heteroatoms. The quantitative estimate of drug-likeness (QED) is 0.555. The van der Waals surface area contributed by atoms with Crippen LogP contribution in [0.5, 0.6) is 0 Å². The Hall–Kier alpha value is -1.09. The minimum absolute atomic E-state index is 0.235. The van der Waals surface area contributed by atoms with Crippen LogP contribution in [0.4, 0.5) is 4.39 Å². The van der Waals surface area contributed by atoms with Crippen molar-refractivity contribution in [3.8, 4) is 0 Å². The lowest BCUT2D eigenvalue weighted by Gasteiger charge is -2.11. The molecular formula is C12H17FN2O3S2.